The molecule has 1 aromatic rings. The van der Waals surface area contributed by atoms with Crippen molar-refractivity contribution in [1.82, 2.24) is 5.48 Å². The summed E-state index contributed by atoms with van der Waals surface area (Å²) in [5, 5.41) is 8.26. The summed E-state index contributed by atoms with van der Waals surface area (Å²) in [6.07, 6.45) is 2.73. The van der Waals surface area contributed by atoms with Gasteiger partial charge in [0, 0.05) is 10.9 Å². The number of hydroxylamine groups is 1. The fourth-order valence-corrected chi connectivity index (χ4v) is 1.51. The first kappa shape index (κ1) is 11.2. The van der Waals surface area contributed by atoms with Gasteiger partial charge >= 0.3 is 0 Å². The minimum atomic E-state index is -0.392. The van der Waals surface area contributed by atoms with Crippen LogP contribution in [0.25, 0.3) is 0 Å². The number of nitrogens with one attached hydrogen (secondary N) is 1. The summed E-state index contributed by atoms with van der Waals surface area (Å²) in [5.41, 5.74) is 2.71. The van der Waals surface area contributed by atoms with Gasteiger partial charge in [0.05, 0.1) is 0 Å². The average molecular weight is 257 g/mol. The summed E-state index contributed by atoms with van der Waals surface area (Å²) in [4.78, 5) is 10.7. The number of halogens is 1. The van der Waals surface area contributed by atoms with Crippen LogP contribution in [0.4, 0.5) is 0 Å². The zero-order valence-corrected chi connectivity index (χ0v) is 9.12. The van der Waals surface area contributed by atoms with Crippen molar-refractivity contribution in [2.24, 2.45) is 0 Å². The Bertz CT molecular complexity index is 315. The minimum Gasteiger partial charge on any atom is -0.289 e. The highest BCUT2D eigenvalue weighted by Crippen LogP contribution is 2.17. The lowest BCUT2D eigenvalue weighted by Crippen LogP contribution is -2.18. The molecule has 0 unspecified atom stereocenters. The van der Waals surface area contributed by atoms with E-state index in [2.05, 4.69) is 15.9 Å². The Labute approximate surface area is 91.2 Å². The normalized spacial score (nSPS) is 9.86. The van der Waals surface area contributed by atoms with Gasteiger partial charge in [-0.05, 0) is 24.5 Å². The van der Waals surface area contributed by atoms with E-state index >= 15 is 0 Å². The van der Waals surface area contributed by atoms with E-state index in [1.165, 1.54) is 0 Å². The molecule has 0 spiro atoms. The lowest BCUT2D eigenvalue weighted by atomic mass is 10.1. The first-order valence-electron chi connectivity index (χ1n) is 4.22. The van der Waals surface area contributed by atoms with Crippen molar-refractivity contribution < 1.29 is 10.0 Å². The molecule has 0 saturated carbocycles. The summed E-state index contributed by atoms with van der Waals surface area (Å²) < 4.78 is 1.03. The molecule has 1 amide bonds. The molecule has 3 nitrogen and oxygen atoms in total. The Hall–Kier alpha value is -0.870. The molecule has 0 bridgehead atoms. The van der Waals surface area contributed by atoms with Crippen molar-refractivity contribution in [3.63, 3.8) is 0 Å². The summed E-state index contributed by atoms with van der Waals surface area (Å²) in [7, 11) is 0. The number of benzene rings is 1. The maximum atomic E-state index is 10.7. The predicted molar refractivity (Wildman–Crippen MR) is 56.7 cm³/mol. The number of carbonyl (C=O) groups is 1. The molecule has 4 heteroatoms. The fraction of sp³-hybridized carbons (Fsp3) is 0.200. The van der Waals surface area contributed by atoms with Crippen LogP contribution >= 0.6 is 15.9 Å². The minimum absolute atomic E-state index is 0.220. The molecular formula is C10H11BrNO2. The fourth-order valence-electron chi connectivity index (χ4n) is 1.07. The molecular weight excluding hydrogens is 246 g/mol. The highest BCUT2D eigenvalue weighted by atomic mass is 79.9. The molecule has 75 valence electrons. The van der Waals surface area contributed by atoms with Gasteiger partial charge in [-0.2, -0.15) is 0 Å². The van der Waals surface area contributed by atoms with Crippen molar-refractivity contribution in [2.45, 2.75) is 12.8 Å². The zero-order chi connectivity index (χ0) is 10.4. The Kier molecular flexibility index (Phi) is 4.62. The molecule has 0 atom stereocenters. The van der Waals surface area contributed by atoms with Crippen molar-refractivity contribution in [3.8, 4) is 0 Å². The first-order valence-corrected chi connectivity index (χ1v) is 5.01. The van der Waals surface area contributed by atoms with Gasteiger partial charge in [0.25, 0.3) is 0 Å². The highest BCUT2D eigenvalue weighted by Gasteiger charge is 2.01. The SMILES string of the molecule is O=C(C[CH]Cc1ccccc1Br)NO. The third-order valence-corrected chi connectivity index (χ3v) is 2.55. The topological polar surface area (TPSA) is 49.3 Å². The van der Waals surface area contributed by atoms with Crippen molar-refractivity contribution in [3.05, 3.63) is 40.7 Å². The molecule has 0 aliphatic rings. The summed E-state index contributed by atoms with van der Waals surface area (Å²) in [6, 6.07) is 7.82. The first-order chi connectivity index (χ1) is 6.74. The summed E-state index contributed by atoms with van der Waals surface area (Å²) in [5.74, 6) is -0.392. The monoisotopic (exact) mass is 256 g/mol. The summed E-state index contributed by atoms with van der Waals surface area (Å²) >= 11 is 3.41. The van der Waals surface area contributed by atoms with E-state index in [4.69, 9.17) is 5.21 Å². The van der Waals surface area contributed by atoms with E-state index in [0.29, 0.717) is 6.42 Å². The smallest absolute Gasteiger partial charge is 0.243 e. The average Bonchev–Trinajstić information content (AvgIpc) is 2.20. The summed E-state index contributed by atoms with van der Waals surface area (Å²) in [6.45, 7) is 0. The van der Waals surface area contributed by atoms with Gasteiger partial charge in [-0.15, -0.1) is 0 Å². The number of rotatable bonds is 4. The molecule has 1 rings (SSSR count). The molecule has 1 aromatic carbocycles. The van der Waals surface area contributed by atoms with Gasteiger partial charge < -0.3 is 0 Å². The van der Waals surface area contributed by atoms with Crippen LogP contribution in [0.15, 0.2) is 28.7 Å². The number of hydrogen-bond donors (Lipinski definition) is 2. The van der Waals surface area contributed by atoms with Gasteiger partial charge in [0.15, 0.2) is 0 Å². The maximum Gasteiger partial charge on any atom is 0.243 e. The largest absolute Gasteiger partial charge is 0.289 e. The Morgan fingerprint density at radius 1 is 1.50 bits per heavy atom. The van der Waals surface area contributed by atoms with Crippen molar-refractivity contribution in [1.29, 1.82) is 0 Å². The van der Waals surface area contributed by atoms with Crippen LogP contribution in [0.1, 0.15) is 12.0 Å². The van der Waals surface area contributed by atoms with E-state index in [1.807, 2.05) is 30.7 Å². The van der Waals surface area contributed by atoms with Crippen LogP contribution in [-0.2, 0) is 11.2 Å². The molecule has 0 heterocycles. The van der Waals surface area contributed by atoms with Gasteiger partial charge in [0.1, 0.15) is 0 Å². The highest BCUT2D eigenvalue weighted by molar-refractivity contribution is 9.10. The van der Waals surface area contributed by atoms with E-state index in [9.17, 15) is 4.79 Å². The van der Waals surface area contributed by atoms with Gasteiger partial charge in [-0.1, -0.05) is 34.1 Å². The van der Waals surface area contributed by atoms with E-state index in [-0.39, 0.29) is 6.42 Å². The van der Waals surface area contributed by atoms with Crippen LogP contribution in [0.2, 0.25) is 0 Å². The van der Waals surface area contributed by atoms with Gasteiger partial charge in [0.2, 0.25) is 5.91 Å². The van der Waals surface area contributed by atoms with E-state index in [1.54, 1.807) is 5.48 Å². The lowest BCUT2D eigenvalue weighted by molar-refractivity contribution is -0.128. The Balaban J connectivity index is 2.39. The van der Waals surface area contributed by atoms with Crippen LogP contribution in [0.5, 0.6) is 0 Å². The second-order valence-corrected chi connectivity index (χ2v) is 3.68. The van der Waals surface area contributed by atoms with Crippen LogP contribution < -0.4 is 5.48 Å². The molecule has 0 fully saturated rings. The molecule has 0 aromatic heterocycles. The predicted octanol–water partition coefficient (Wildman–Crippen LogP) is 2.09. The second-order valence-electron chi connectivity index (χ2n) is 2.82. The molecule has 0 aliphatic carbocycles. The van der Waals surface area contributed by atoms with E-state index < -0.39 is 5.91 Å². The van der Waals surface area contributed by atoms with Crippen molar-refractivity contribution >= 4 is 21.8 Å². The maximum absolute atomic E-state index is 10.7. The molecule has 0 aliphatic heterocycles. The third kappa shape index (κ3) is 3.47. The van der Waals surface area contributed by atoms with Gasteiger partial charge in [-0.25, -0.2) is 5.48 Å². The second kappa shape index (κ2) is 5.78. The van der Waals surface area contributed by atoms with Gasteiger partial charge in [-0.3, -0.25) is 10.0 Å². The molecule has 2 N–H and O–H groups in total. The van der Waals surface area contributed by atoms with Crippen LogP contribution in [0.3, 0.4) is 0 Å². The molecule has 1 radical (unpaired) electrons. The van der Waals surface area contributed by atoms with Crippen LogP contribution in [0, 0.1) is 6.42 Å². The number of carbonyl (C=O) groups excluding carboxylic acids is 1. The Morgan fingerprint density at radius 2 is 2.21 bits per heavy atom. The standard InChI is InChI=1S/C10H11BrNO2/c11-9-6-2-1-4-8(9)5-3-7-10(13)12-14/h1-4,6,14H,5,7H2,(H,12,13). The zero-order valence-electron chi connectivity index (χ0n) is 7.53. The van der Waals surface area contributed by atoms with Crippen LogP contribution in [-0.4, -0.2) is 11.1 Å². The number of amides is 1. The van der Waals surface area contributed by atoms with Crippen molar-refractivity contribution in [2.75, 3.05) is 0 Å². The molecule has 14 heavy (non-hydrogen) atoms. The Morgan fingerprint density at radius 3 is 2.86 bits per heavy atom. The van der Waals surface area contributed by atoms with E-state index in [0.717, 1.165) is 10.0 Å². The molecule has 0 saturated heterocycles. The number of hydrogen-bond acceptors (Lipinski definition) is 2. The third-order valence-electron chi connectivity index (χ3n) is 1.78. The quantitative estimate of drug-likeness (QED) is 0.641. The lowest BCUT2D eigenvalue weighted by Gasteiger charge is -2.02.